The molecule has 2 aromatic heterocycles. The Bertz CT molecular complexity index is 930. The highest BCUT2D eigenvalue weighted by atomic mass is 32.2. The highest BCUT2D eigenvalue weighted by molar-refractivity contribution is 7.89. The van der Waals surface area contributed by atoms with E-state index in [1.54, 1.807) is 13.8 Å². The number of H-pyrrole nitrogens is 1. The van der Waals surface area contributed by atoms with Gasteiger partial charge in [0.25, 0.3) is 10.0 Å². The molecule has 2 aromatic rings. The minimum atomic E-state index is -3.79. The largest absolute Gasteiger partial charge is 0.360 e. The number of aryl methyl sites for hydroxylation is 2. The van der Waals surface area contributed by atoms with Gasteiger partial charge in [-0.2, -0.15) is 8.61 Å². The van der Waals surface area contributed by atoms with Gasteiger partial charge in [-0.25, -0.2) is 21.8 Å². The first-order chi connectivity index (χ1) is 11.7. The molecule has 10 nitrogen and oxygen atoms in total. The molecule has 12 heteroatoms. The molecule has 0 radical (unpaired) electrons. The summed E-state index contributed by atoms with van der Waals surface area (Å²) in [6, 6.07) is 0. The van der Waals surface area contributed by atoms with Gasteiger partial charge in [-0.05, 0) is 20.3 Å². The summed E-state index contributed by atoms with van der Waals surface area (Å²) in [5.41, 5.74) is 0.295. The fraction of sp³-hybridized carbons (Fsp3) is 0.538. The fourth-order valence-electron chi connectivity index (χ4n) is 2.85. The number of aromatic nitrogens is 3. The Morgan fingerprint density at radius 2 is 1.68 bits per heavy atom. The van der Waals surface area contributed by atoms with E-state index >= 15 is 0 Å². The van der Waals surface area contributed by atoms with Gasteiger partial charge in [0.15, 0.2) is 10.8 Å². The number of aromatic amines is 1. The molecule has 1 aliphatic heterocycles. The number of imidazole rings is 1. The molecule has 0 spiro atoms. The van der Waals surface area contributed by atoms with Gasteiger partial charge < -0.3 is 9.51 Å². The molecule has 0 bridgehead atoms. The van der Waals surface area contributed by atoms with Crippen molar-refractivity contribution in [3.05, 3.63) is 24.0 Å². The first kappa shape index (κ1) is 18.0. The van der Waals surface area contributed by atoms with E-state index < -0.39 is 20.0 Å². The zero-order chi connectivity index (χ0) is 18.2. The minimum Gasteiger partial charge on any atom is -0.360 e. The first-order valence-corrected chi connectivity index (χ1v) is 10.5. The lowest BCUT2D eigenvalue weighted by Gasteiger charge is -2.21. The Hall–Kier alpha value is -1.76. The van der Waals surface area contributed by atoms with E-state index in [0.29, 0.717) is 12.1 Å². The van der Waals surface area contributed by atoms with Crippen LogP contribution in [0.2, 0.25) is 0 Å². The van der Waals surface area contributed by atoms with Crippen molar-refractivity contribution in [3.8, 4) is 0 Å². The van der Waals surface area contributed by atoms with E-state index in [4.69, 9.17) is 4.52 Å². The Labute approximate surface area is 145 Å². The molecular formula is C13H19N5O5S2. The van der Waals surface area contributed by atoms with E-state index in [1.807, 2.05) is 0 Å². The van der Waals surface area contributed by atoms with Gasteiger partial charge in [0.2, 0.25) is 10.0 Å². The predicted octanol–water partition coefficient (Wildman–Crippen LogP) is 0.0998. The van der Waals surface area contributed by atoms with Crippen LogP contribution in [-0.2, 0) is 20.0 Å². The van der Waals surface area contributed by atoms with E-state index in [0.717, 1.165) is 0 Å². The smallest absolute Gasteiger partial charge is 0.260 e. The number of hydrogen-bond donors (Lipinski definition) is 1. The lowest BCUT2D eigenvalue weighted by Crippen LogP contribution is -2.37. The fourth-order valence-corrected chi connectivity index (χ4v) is 5.97. The zero-order valence-corrected chi connectivity index (χ0v) is 15.5. The Morgan fingerprint density at radius 1 is 1.04 bits per heavy atom. The van der Waals surface area contributed by atoms with Crippen LogP contribution in [0.1, 0.15) is 17.9 Å². The molecule has 0 atom stereocenters. The van der Waals surface area contributed by atoms with Crippen LogP contribution in [-0.4, -0.2) is 66.7 Å². The Balaban J connectivity index is 1.83. The van der Waals surface area contributed by atoms with E-state index in [9.17, 15) is 16.8 Å². The maximum atomic E-state index is 12.9. The van der Waals surface area contributed by atoms with Gasteiger partial charge in [-0.3, -0.25) is 0 Å². The molecule has 0 aromatic carbocycles. The van der Waals surface area contributed by atoms with Crippen molar-refractivity contribution >= 4 is 20.0 Å². The normalized spacial score (nSPS) is 18.3. The second kappa shape index (κ2) is 6.52. The SMILES string of the molecule is Cc1noc(C)c1S(=O)(=O)N1CCCN(S(=O)(=O)c2cnc[nH]2)CC1. The van der Waals surface area contributed by atoms with Crippen LogP contribution in [0.4, 0.5) is 0 Å². The molecule has 3 rings (SSSR count). The van der Waals surface area contributed by atoms with Crippen LogP contribution >= 0.6 is 0 Å². The highest BCUT2D eigenvalue weighted by Gasteiger charge is 2.35. The van der Waals surface area contributed by atoms with E-state index in [2.05, 4.69) is 15.1 Å². The van der Waals surface area contributed by atoms with Crippen LogP contribution in [0, 0.1) is 13.8 Å². The molecule has 1 fully saturated rings. The third kappa shape index (κ3) is 3.21. The maximum Gasteiger partial charge on any atom is 0.260 e. The van der Waals surface area contributed by atoms with Crippen molar-refractivity contribution in [3.63, 3.8) is 0 Å². The van der Waals surface area contributed by atoms with Crippen molar-refractivity contribution in [1.29, 1.82) is 0 Å². The van der Waals surface area contributed by atoms with Gasteiger partial charge in [-0.1, -0.05) is 5.16 Å². The Kier molecular flexibility index (Phi) is 4.70. The summed E-state index contributed by atoms with van der Waals surface area (Å²) in [6.45, 7) is 3.68. The highest BCUT2D eigenvalue weighted by Crippen LogP contribution is 2.25. The predicted molar refractivity (Wildman–Crippen MR) is 86.7 cm³/mol. The van der Waals surface area contributed by atoms with Crippen molar-refractivity contribution in [2.75, 3.05) is 26.2 Å². The summed E-state index contributed by atoms with van der Waals surface area (Å²) in [5.74, 6) is 0.226. The summed E-state index contributed by atoms with van der Waals surface area (Å²) in [6.07, 6.45) is 2.91. The lowest BCUT2D eigenvalue weighted by molar-refractivity contribution is 0.387. The maximum absolute atomic E-state index is 12.9. The molecule has 1 saturated heterocycles. The van der Waals surface area contributed by atoms with Crippen molar-refractivity contribution in [2.45, 2.75) is 30.2 Å². The van der Waals surface area contributed by atoms with Gasteiger partial charge >= 0.3 is 0 Å². The lowest BCUT2D eigenvalue weighted by atomic mass is 10.4. The summed E-state index contributed by atoms with van der Waals surface area (Å²) in [5, 5.41) is 3.69. The monoisotopic (exact) mass is 389 g/mol. The third-order valence-corrected chi connectivity index (χ3v) is 8.04. The molecular weight excluding hydrogens is 370 g/mol. The molecule has 25 heavy (non-hydrogen) atoms. The van der Waals surface area contributed by atoms with Gasteiger partial charge in [-0.15, -0.1) is 0 Å². The van der Waals surface area contributed by atoms with Crippen LogP contribution < -0.4 is 0 Å². The second-order valence-corrected chi connectivity index (χ2v) is 9.51. The topological polar surface area (TPSA) is 129 Å². The molecule has 3 heterocycles. The molecule has 0 aliphatic carbocycles. The van der Waals surface area contributed by atoms with Gasteiger partial charge in [0.05, 0.1) is 12.5 Å². The number of sulfonamides is 2. The van der Waals surface area contributed by atoms with Crippen LogP contribution in [0.15, 0.2) is 27.0 Å². The molecule has 1 N–H and O–H groups in total. The van der Waals surface area contributed by atoms with Gasteiger partial charge in [0.1, 0.15) is 10.6 Å². The summed E-state index contributed by atoms with van der Waals surface area (Å²) < 4.78 is 58.4. The van der Waals surface area contributed by atoms with E-state index in [-0.39, 0.29) is 41.9 Å². The quantitative estimate of drug-likeness (QED) is 0.785. The first-order valence-electron chi connectivity index (χ1n) is 7.66. The summed E-state index contributed by atoms with van der Waals surface area (Å²) in [7, 11) is -7.51. The van der Waals surface area contributed by atoms with Gasteiger partial charge in [0, 0.05) is 26.2 Å². The second-order valence-electron chi connectivity index (χ2n) is 5.73. The molecule has 1 aliphatic rings. The number of nitrogens with zero attached hydrogens (tertiary/aromatic N) is 4. The number of rotatable bonds is 4. The number of nitrogens with one attached hydrogen (secondary N) is 1. The molecule has 138 valence electrons. The average molecular weight is 389 g/mol. The third-order valence-electron chi connectivity index (χ3n) is 4.07. The summed E-state index contributed by atoms with van der Waals surface area (Å²) in [4.78, 5) is 6.36. The van der Waals surface area contributed by atoms with Crippen LogP contribution in [0.3, 0.4) is 0 Å². The summed E-state index contributed by atoms with van der Waals surface area (Å²) >= 11 is 0. The molecule has 0 saturated carbocycles. The van der Waals surface area contributed by atoms with Crippen molar-refractivity contribution in [2.24, 2.45) is 0 Å². The molecule has 0 amide bonds. The van der Waals surface area contributed by atoms with Crippen LogP contribution in [0.5, 0.6) is 0 Å². The van der Waals surface area contributed by atoms with Crippen LogP contribution in [0.25, 0.3) is 0 Å². The average Bonchev–Trinajstić information content (AvgIpc) is 3.11. The zero-order valence-electron chi connectivity index (χ0n) is 13.8. The van der Waals surface area contributed by atoms with E-state index in [1.165, 1.54) is 21.1 Å². The standard InChI is InChI=1S/C13H19N5O5S2/c1-10-13(11(2)23-16-10)25(21,22)18-5-3-4-17(6-7-18)24(19,20)12-8-14-9-15-12/h8-9H,3-7H2,1-2H3,(H,14,15). The minimum absolute atomic E-state index is 0.00506. The van der Waals surface area contributed by atoms with Crippen molar-refractivity contribution in [1.82, 2.24) is 23.7 Å². The molecule has 0 unspecified atom stereocenters. The van der Waals surface area contributed by atoms with Crippen molar-refractivity contribution < 1.29 is 21.4 Å². The Morgan fingerprint density at radius 3 is 2.20 bits per heavy atom. The number of hydrogen-bond acceptors (Lipinski definition) is 7.